The van der Waals surface area contributed by atoms with E-state index in [4.69, 9.17) is 5.73 Å². The maximum Gasteiger partial charge on any atom is 0.419 e. The first kappa shape index (κ1) is 22.3. The van der Waals surface area contributed by atoms with E-state index in [9.17, 15) is 37.4 Å². The molecule has 0 aliphatic rings. The highest BCUT2D eigenvalue weighted by Crippen LogP contribution is 2.33. The molecule has 0 bridgehead atoms. The number of carbonyl (C=O) groups is 2. The third-order valence-electron chi connectivity index (χ3n) is 4.15. The van der Waals surface area contributed by atoms with E-state index in [1.807, 2.05) is 5.32 Å². The van der Waals surface area contributed by atoms with Crippen LogP contribution < -0.4 is 11.1 Å². The second-order valence-corrected chi connectivity index (χ2v) is 6.32. The Kier molecular flexibility index (Phi) is 6.93. The zero-order valence-corrected chi connectivity index (χ0v) is 14.9. The van der Waals surface area contributed by atoms with E-state index in [0.29, 0.717) is 12.1 Å². The number of carboxylic acid groups (broad SMARTS) is 1. The van der Waals surface area contributed by atoms with Gasteiger partial charge in [-0.2, -0.15) is 13.2 Å². The third-order valence-corrected chi connectivity index (χ3v) is 4.15. The molecule has 2 rings (SSSR count). The molecule has 10 heteroatoms. The normalized spacial score (nSPS) is 14.7. The monoisotopic (exact) mass is 414 g/mol. The Morgan fingerprint density at radius 3 is 2.28 bits per heavy atom. The standard InChI is InChI=1S/C19H18F4N2O4/c20-13-7-6-11(9-12(13)19(21,22)23)15(18(28)29)25-17(27)16(26)14(24)8-10-4-2-1-3-5-10/h1-7,9,14-16,26H,8,24H2,(H,25,27)(H,28,29)/t14-,15+,16+/m1/s1. The summed E-state index contributed by atoms with van der Waals surface area (Å²) in [5.41, 5.74) is 4.32. The molecule has 0 saturated heterocycles. The number of rotatable bonds is 7. The third kappa shape index (κ3) is 5.75. The Balaban J connectivity index is 2.18. The lowest BCUT2D eigenvalue weighted by atomic mass is 10.00. The number of hydrogen-bond donors (Lipinski definition) is 4. The predicted octanol–water partition coefficient (Wildman–Crippen LogP) is 2.02. The molecule has 0 radical (unpaired) electrons. The summed E-state index contributed by atoms with van der Waals surface area (Å²) in [7, 11) is 0. The van der Waals surface area contributed by atoms with E-state index >= 15 is 0 Å². The van der Waals surface area contributed by atoms with E-state index in [1.165, 1.54) is 0 Å². The van der Waals surface area contributed by atoms with E-state index in [0.717, 1.165) is 11.6 Å². The molecule has 0 aliphatic heterocycles. The molecule has 0 fully saturated rings. The van der Waals surface area contributed by atoms with Crippen LogP contribution in [0.15, 0.2) is 48.5 Å². The van der Waals surface area contributed by atoms with Crippen LogP contribution in [-0.2, 0) is 22.2 Å². The van der Waals surface area contributed by atoms with Gasteiger partial charge in [-0.05, 0) is 29.7 Å². The summed E-state index contributed by atoms with van der Waals surface area (Å²) in [6, 6.07) is 7.15. The summed E-state index contributed by atoms with van der Waals surface area (Å²) in [6.07, 6.45) is -6.77. The van der Waals surface area contributed by atoms with Gasteiger partial charge in [0.05, 0.1) is 5.56 Å². The first-order valence-electron chi connectivity index (χ1n) is 8.38. The zero-order valence-electron chi connectivity index (χ0n) is 14.9. The summed E-state index contributed by atoms with van der Waals surface area (Å²) in [4.78, 5) is 23.7. The summed E-state index contributed by atoms with van der Waals surface area (Å²) < 4.78 is 52.0. The quantitative estimate of drug-likeness (QED) is 0.518. The van der Waals surface area contributed by atoms with Gasteiger partial charge < -0.3 is 21.3 Å². The smallest absolute Gasteiger partial charge is 0.419 e. The van der Waals surface area contributed by atoms with Crippen LogP contribution in [0.5, 0.6) is 0 Å². The highest BCUT2D eigenvalue weighted by atomic mass is 19.4. The van der Waals surface area contributed by atoms with Gasteiger partial charge in [0.25, 0.3) is 5.91 Å². The van der Waals surface area contributed by atoms with Gasteiger partial charge in [0.2, 0.25) is 0 Å². The minimum Gasteiger partial charge on any atom is -0.479 e. The number of benzene rings is 2. The highest BCUT2D eigenvalue weighted by molar-refractivity contribution is 5.87. The SMILES string of the molecule is N[C@H](Cc1ccccc1)[C@H](O)C(=O)N[C@H](C(=O)O)c1ccc(F)c(C(F)(F)F)c1. The molecule has 29 heavy (non-hydrogen) atoms. The Labute approximate surface area is 163 Å². The van der Waals surface area contributed by atoms with Crippen LogP contribution in [0.3, 0.4) is 0 Å². The van der Waals surface area contributed by atoms with Crippen LogP contribution in [0.25, 0.3) is 0 Å². The molecule has 0 spiro atoms. The molecule has 2 aromatic rings. The van der Waals surface area contributed by atoms with Gasteiger partial charge in [0.15, 0.2) is 6.04 Å². The molecule has 2 aromatic carbocycles. The Bertz CT molecular complexity index is 874. The first-order valence-corrected chi connectivity index (χ1v) is 8.38. The van der Waals surface area contributed by atoms with Gasteiger partial charge in [-0.3, -0.25) is 4.79 Å². The number of aliphatic hydroxyl groups excluding tert-OH is 1. The van der Waals surface area contributed by atoms with Gasteiger partial charge in [0, 0.05) is 6.04 Å². The molecular formula is C19H18F4N2O4. The van der Waals surface area contributed by atoms with Crippen molar-refractivity contribution >= 4 is 11.9 Å². The lowest BCUT2D eigenvalue weighted by Crippen LogP contribution is -2.49. The van der Waals surface area contributed by atoms with Crippen molar-refractivity contribution < 1.29 is 37.4 Å². The van der Waals surface area contributed by atoms with Crippen molar-refractivity contribution in [2.45, 2.75) is 30.8 Å². The van der Waals surface area contributed by atoms with E-state index < -0.39 is 53.2 Å². The van der Waals surface area contributed by atoms with Crippen LogP contribution >= 0.6 is 0 Å². The molecule has 0 heterocycles. The van der Waals surface area contributed by atoms with E-state index in [2.05, 4.69) is 0 Å². The average molecular weight is 414 g/mol. The fourth-order valence-corrected chi connectivity index (χ4v) is 2.65. The Morgan fingerprint density at radius 2 is 1.72 bits per heavy atom. The van der Waals surface area contributed by atoms with Gasteiger partial charge in [0.1, 0.15) is 11.9 Å². The lowest BCUT2D eigenvalue weighted by molar-refractivity contribution is -0.144. The number of aliphatic hydroxyl groups is 1. The fraction of sp³-hybridized carbons (Fsp3) is 0.263. The second-order valence-electron chi connectivity index (χ2n) is 6.32. The summed E-state index contributed by atoms with van der Waals surface area (Å²) in [5.74, 6) is -4.46. The second kappa shape index (κ2) is 9.01. The van der Waals surface area contributed by atoms with E-state index in [-0.39, 0.29) is 6.42 Å². The number of carboxylic acids is 1. The Hall–Kier alpha value is -2.98. The molecule has 1 amide bonds. The molecule has 0 aliphatic carbocycles. The predicted molar refractivity (Wildman–Crippen MR) is 94.0 cm³/mol. The number of aliphatic carboxylic acids is 1. The highest BCUT2D eigenvalue weighted by Gasteiger charge is 2.36. The minimum absolute atomic E-state index is 0.0991. The largest absolute Gasteiger partial charge is 0.479 e. The van der Waals surface area contributed by atoms with Crippen molar-refractivity contribution in [1.82, 2.24) is 5.32 Å². The van der Waals surface area contributed by atoms with Crippen LogP contribution in [0.4, 0.5) is 17.6 Å². The van der Waals surface area contributed by atoms with E-state index in [1.54, 1.807) is 30.3 Å². The average Bonchev–Trinajstić information content (AvgIpc) is 2.65. The molecule has 0 aromatic heterocycles. The molecule has 0 saturated carbocycles. The summed E-state index contributed by atoms with van der Waals surface area (Å²) in [5, 5.41) is 21.3. The lowest BCUT2D eigenvalue weighted by Gasteiger charge is -2.22. The van der Waals surface area contributed by atoms with Crippen molar-refractivity contribution in [3.05, 3.63) is 71.0 Å². The van der Waals surface area contributed by atoms with Crippen LogP contribution in [0, 0.1) is 5.82 Å². The van der Waals surface area contributed by atoms with Crippen LogP contribution in [0.2, 0.25) is 0 Å². The number of halogens is 4. The molecule has 5 N–H and O–H groups in total. The Morgan fingerprint density at radius 1 is 1.10 bits per heavy atom. The fourth-order valence-electron chi connectivity index (χ4n) is 2.65. The van der Waals surface area contributed by atoms with Crippen molar-refractivity contribution in [3.8, 4) is 0 Å². The van der Waals surface area contributed by atoms with Gasteiger partial charge in [-0.25, -0.2) is 9.18 Å². The topological polar surface area (TPSA) is 113 Å². The van der Waals surface area contributed by atoms with Crippen molar-refractivity contribution in [1.29, 1.82) is 0 Å². The number of carbonyl (C=O) groups excluding carboxylic acids is 1. The summed E-state index contributed by atoms with van der Waals surface area (Å²) >= 11 is 0. The zero-order chi connectivity index (χ0) is 21.8. The minimum atomic E-state index is -5.05. The van der Waals surface area contributed by atoms with Gasteiger partial charge in [-0.15, -0.1) is 0 Å². The molecular weight excluding hydrogens is 396 g/mol. The van der Waals surface area contributed by atoms with Crippen molar-refractivity contribution in [2.24, 2.45) is 5.73 Å². The number of amides is 1. The number of nitrogens with one attached hydrogen (secondary N) is 1. The van der Waals surface area contributed by atoms with Crippen molar-refractivity contribution in [3.63, 3.8) is 0 Å². The number of alkyl halides is 3. The van der Waals surface area contributed by atoms with Crippen LogP contribution in [0.1, 0.15) is 22.7 Å². The van der Waals surface area contributed by atoms with Gasteiger partial charge in [-0.1, -0.05) is 36.4 Å². The van der Waals surface area contributed by atoms with Crippen LogP contribution in [-0.4, -0.2) is 34.2 Å². The summed E-state index contributed by atoms with van der Waals surface area (Å²) in [6.45, 7) is 0. The number of nitrogens with two attached hydrogens (primary N) is 1. The van der Waals surface area contributed by atoms with Gasteiger partial charge >= 0.3 is 12.1 Å². The number of hydrogen-bond acceptors (Lipinski definition) is 4. The maximum absolute atomic E-state index is 13.4. The van der Waals surface area contributed by atoms with Crippen molar-refractivity contribution in [2.75, 3.05) is 0 Å². The molecule has 6 nitrogen and oxygen atoms in total. The first-order chi connectivity index (χ1) is 13.5. The molecule has 0 unspecified atom stereocenters. The molecule has 156 valence electrons. The molecule has 3 atom stereocenters. The maximum atomic E-state index is 13.4.